The van der Waals surface area contributed by atoms with E-state index >= 15 is 0 Å². The molecule has 8 nitrogen and oxygen atoms in total. The first-order chi connectivity index (χ1) is 14.6. The molecular formula is C22H34N4O4. The summed E-state index contributed by atoms with van der Waals surface area (Å²) in [7, 11) is 0. The lowest BCUT2D eigenvalue weighted by Gasteiger charge is -2.32. The van der Waals surface area contributed by atoms with Crippen molar-refractivity contribution in [3.05, 3.63) is 35.4 Å². The number of carbonyl (C=O) groups is 1. The fourth-order valence-electron chi connectivity index (χ4n) is 3.84. The third kappa shape index (κ3) is 7.36. The molecule has 2 fully saturated rings. The van der Waals surface area contributed by atoms with Gasteiger partial charge in [0.2, 0.25) is 0 Å². The first kappa shape index (κ1) is 22.7. The second kappa shape index (κ2) is 12.0. The van der Waals surface area contributed by atoms with Crippen LogP contribution in [0.3, 0.4) is 0 Å². The SMILES string of the molecule is CCCCNN=Cc1ccc(C2CC(CN3CCC(OCC(=O)O)CC3)ON2)cc1. The maximum Gasteiger partial charge on any atom is 0.329 e. The zero-order valence-electron chi connectivity index (χ0n) is 17.8. The van der Waals surface area contributed by atoms with Crippen molar-refractivity contribution in [2.75, 3.05) is 32.8 Å². The van der Waals surface area contributed by atoms with Crippen LogP contribution in [0.2, 0.25) is 0 Å². The van der Waals surface area contributed by atoms with Gasteiger partial charge in [-0.1, -0.05) is 37.6 Å². The Morgan fingerprint density at radius 3 is 2.83 bits per heavy atom. The van der Waals surface area contributed by atoms with E-state index in [0.717, 1.165) is 63.8 Å². The van der Waals surface area contributed by atoms with Crippen molar-refractivity contribution in [2.24, 2.45) is 5.10 Å². The number of nitrogens with one attached hydrogen (secondary N) is 2. The standard InChI is InChI=1S/C22H34N4O4/c1-2-3-10-23-24-14-17-4-6-18(7-5-17)21-13-20(30-25-21)15-26-11-8-19(9-12-26)29-16-22(27)28/h4-7,14,19-21,23,25H,2-3,8-13,15-16H2,1H3,(H,27,28). The Bertz CT molecular complexity index is 674. The van der Waals surface area contributed by atoms with Gasteiger partial charge in [0.05, 0.1) is 24.5 Å². The molecule has 0 saturated carbocycles. The molecule has 0 aromatic heterocycles. The van der Waals surface area contributed by atoms with Crippen molar-refractivity contribution in [1.82, 2.24) is 15.8 Å². The number of aliphatic carboxylic acids is 1. The highest BCUT2D eigenvalue weighted by molar-refractivity contribution is 5.79. The number of piperidine rings is 1. The Labute approximate surface area is 178 Å². The van der Waals surface area contributed by atoms with E-state index in [0.29, 0.717) is 0 Å². The fraction of sp³-hybridized carbons (Fsp3) is 0.636. The number of carboxylic acid groups (broad SMARTS) is 1. The first-order valence-corrected chi connectivity index (χ1v) is 11.0. The molecule has 30 heavy (non-hydrogen) atoms. The average molecular weight is 419 g/mol. The highest BCUT2D eigenvalue weighted by atomic mass is 16.7. The van der Waals surface area contributed by atoms with Gasteiger partial charge in [-0.2, -0.15) is 10.6 Å². The summed E-state index contributed by atoms with van der Waals surface area (Å²) in [4.78, 5) is 18.8. The van der Waals surface area contributed by atoms with Crippen LogP contribution >= 0.6 is 0 Å². The lowest BCUT2D eigenvalue weighted by atomic mass is 10.0. The largest absolute Gasteiger partial charge is 0.480 e. The van der Waals surface area contributed by atoms with E-state index in [2.05, 4.69) is 52.1 Å². The number of likely N-dealkylation sites (tertiary alicyclic amines) is 1. The van der Waals surface area contributed by atoms with Gasteiger partial charge in [-0.25, -0.2) is 4.79 Å². The van der Waals surface area contributed by atoms with Crippen LogP contribution in [0.25, 0.3) is 0 Å². The van der Waals surface area contributed by atoms with Crippen molar-refractivity contribution in [3.8, 4) is 0 Å². The topological polar surface area (TPSA) is 95.4 Å². The van der Waals surface area contributed by atoms with Crippen molar-refractivity contribution < 1.29 is 19.5 Å². The predicted molar refractivity (Wildman–Crippen MR) is 115 cm³/mol. The fourth-order valence-corrected chi connectivity index (χ4v) is 3.84. The van der Waals surface area contributed by atoms with Crippen LogP contribution in [0.4, 0.5) is 0 Å². The summed E-state index contributed by atoms with van der Waals surface area (Å²) in [5, 5.41) is 13.0. The number of hydroxylamine groups is 1. The molecule has 0 amide bonds. The summed E-state index contributed by atoms with van der Waals surface area (Å²) in [6.07, 6.45) is 7.01. The smallest absolute Gasteiger partial charge is 0.329 e. The summed E-state index contributed by atoms with van der Waals surface area (Å²) in [6, 6.07) is 8.61. The second-order valence-corrected chi connectivity index (χ2v) is 8.04. The van der Waals surface area contributed by atoms with E-state index in [-0.39, 0.29) is 24.9 Å². The maximum absolute atomic E-state index is 10.6. The van der Waals surface area contributed by atoms with Crippen LogP contribution in [-0.2, 0) is 14.4 Å². The molecule has 2 aliphatic rings. The quantitative estimate of drug-likeness (QED) is 0.288. The molecule has 2 atom stereocenters. The third-order valence-electron chi connectivity index (χ3n) is 5.60. The molecule has 8 heteroatoms. The Hall–Kier alpha value is -2.00. The van der Waals surface area contributed by atoms with Crippen molar-refractivity contribution >= 4 is 12.2 Å². The lowest BCUT2D eigenvalue weighted by molar-refractivity contribution is -0.145. The number of nitrogens with zero attached hydrogens (tertiary/aromatic N) is 2. The second-order valence-electron chi connectivity index (χ2n) is 8.04. The molecule has 2 aliphatic heterocycles. The Morgan fingerprint density at radius 1 is 1.37 bits per heavy atom. The normalized spacial score (nSPS) is 23.2. The molecule has 0 spiro atoms. The molecule has 166 valence electrons. The highest BCUT2D eigenvalue weighted by Gasteiger charge is 2.30. The molecule has 3 N–H and O–H groups in total. The summed E-state index contributed by atoms with van der Waals surface area (Å²) >= 11 is 0. The van der Waals surface area contributed by atoms with Crippen LogP contribution < -0.4 is 10.9 Å². The summed E-state index contributed by atoms with van der Waals surface area (Å²) in [5.41, 5.74) is 8.53. The number of carboxylic acids is 1. The molecule has 3 rings (SSSR count). The van der Waals surface area contributed by atoms with Crippen LogP contribution in [0.1, 0.15) is 56.2 Å². The van der Waals surface area contributed by atoms with E-state index in [1.165, 1.54) is 5.56 Å². The van der Waals surface area contributed by atoms with Crippen LogP contribution in [-0.4, -0.2) is 67.2 Å². The Kier molecular flexibility index (Phi) is 9.07. The number of unbranched alkanes of at least 4 members (excludes halogenated alkanes) is 1. The minimum atomic E-state index is -0.905. The van der Waals surface area contributed by atoms with Crippen molar-refractivity contribution in [1.29, 1.82) is 0 Å². The highest BCUT2D eigenvalue weighted by Crippen LogP contribution is 2.26. The summed E-state index contributed by atoms with van der Waals surface area (Å²) < 4.78 is 5.41. The average Bonchev–Trinajstić information content (AvgIpc) is 3.22. The van der Waals surface area contributed by atoms with E-state index in [1.54, 1.807) is 0 Å². The molecule has 0 bridgehead atoms. The molecule has 1 aromatic carbocycles. The molecular weight excluding hydrogens is 384 g/mol. The number of hydrogen-bond acceptors (Lipinski definition) is 7. The number of hydrazone groups is 1. The van der Waals surface area contributed by atoms with Crippen molar-refractivity contribution in [2.45, 2.75) is 57.3 Å². The molecule has 2 heterocycles. The van der Waals surface area contributed by atoms with Crippen LogP contribution in [0.15, 0.2) is 29.4 Å². The van der Waals surface area contributed by atoms with Gasteiger partial charge in [0.1, 0.15) is 6.61 Å². The number of benzene rings is 1. The maximum atomic E-state index is 10.6. The molecule has 1 aromatic rings. The first-order valence-electron chi connectivity index (χ1n) is 11.0. The van der Waals surface area contributed by atoms with Gasteiger partial charge >= 0.3 is 5.97 Å². The van der Waals surface area contributed by atoms with Gasteiger partial charge in [0.25, 0.3) is 0 Å². The van der Waals surface area contributed by atoms with Gasteiger partial charge < -0.3 is 20.2 Å². The number of ether oxygens (including phenoxy) is 1. The Balaban J connectivity index is 1.37. The van der Waals surface area contributed by atoms with E-state index < -0.39 is 5.97 Å². The van der Waals surface area contributed by atoms with E-state index in [4.69, 9.17) is 14.7 Å². The predicted octanol–water partition coefficient (Wildman–Crippen LogP) is 2.31. The zero-order valence-corrected chi connectivity index (χ0v) is 17.8. The lowest BCUT2D eigenvalue weighted by Crippen LogP contribution is -2.41. The van der Waals surface area contributed by atoms with Gasteiger partial charge in [0.15, 0.2) is 0 Å². The van der Waals surface area contributed by atoms with Crippen LogP contribution in [0.5, 0.6) is 0 Å². The zero-order chi connectivity index (χ0) is 21.2. The molecule has 0 aliphatic carbocycles. The number of hydrogen-bond donors (Lipinski definition) is 3. The monoisotopic (exact) mass is 418 g/mol. The van der Waals surface area contributed by atoms with Crippen LogP contribution in [0, 0.1) is 0 Å². The molecule has 2 unspecified atom stereocenters. The molecule has 2 saturated heterocycles. The van der Waals surface area contributed by atoms with Gasteiger partial charge in [0, 0.05) is 26.2 Å². The minimum Gasteiger partial charge on any atom is -0.480 e. The van der Waals surface area contributed by atoms with Gasteiger partial charge in [-0.3, -0.25) is 4.84 Å². The number of rotatable bonds is 11. The minimum absolute atomic E-state index is 0.0524. The molecule has 0 radical (unpaired) electrons. The van der Waals surface area contributed by atoms with Gasteiger partial charge in [-0.15, -0.1) is 0 Å². The van der Waals surface area contributed by atoms with E-state index in [9.17, 15) is 4.79 Å². The Morgan fingerprint density at radius 2 is 2.13 bits per heavy atom. The van der Waals surface area contributed by atoms with E-state index in [1.807, 2.05) is 6.21 Å². The summed E-state index contributed by atoms with van der Waals surface area (Å²) in [6.45, 7) is 5.57. The third-order valence-corrected chi connectivity index (χ3v) is 5.60. The van der Waals surface area contributed by atoms with Crippen molar-refractivity contribution in [3.63, 3.8) is 0 Å². The summed E-state index contributed by atoms with van der Waals surface area (Å²) in [5.74, 6) is -0.905. The van der Waals surface area contributed by atoms with Gasteiger partial charge in [-0.05, 0) is 36.8 Å².